The van der Waals surface area contributed by atoms with E-state index in [2.05, 4.69) is 160 Å². The van der Waals surface area contributed by atoms with E-state index in [1.165, 1.54) is 72.7 Å². The van der Waals surface area contributed by atoms with Crippen LogP contribution in [-0.2, 0) is 0 Å². The maximum absolute atomic E-state index is 10.6. The number of nitrogens with two attached hydrogens (primary N) is 4. The van der Waals surface area contributed by atoms with Crippen molar-refractivity contribution in [3.8, 4) is 0 Å². The molecular weight excluding hydrogens is 1210 g/mol. The zero-order valence-electron chi connectivity index (χ0n) is 62.3. The standard InChI is InChI=1S/8C9H11N.C8H8O.4CH5N.CH4/c8*1-8(10-2)9-6-4-3-5-7-9;1-7(9)8-5-3-2-4-6-8;4*1-2;/h8*3-7H,1-2H3;2-6H,1H3;4*2H2,1H3;1H4. The highest BCUT2D eigenvalue weighted by Crippen LogP contribution is 2.06. The molecule has 0 saturated heterocycles. The van der Waals surface area contributed by atoms with Crippen LogP contribution in [0.3, 0.4) is 0 Å². The summed E-state index contributed by atoms with van der Waals surface area (Å²) in [7, 11) is 20.5. The lowest BCUT2D eigenvalue weighted by molar-refractivity contribution is 0.101. The molecule has 0 aliphatic heterocycles. The van der Waals surface area contributed by atoms with Crippen LogP contribution >= 0.6 is 0 Å². The molecule has 13 heteroatoms. The third-order valence-electron chi connectivity index (χ3n) is 13.4. The maximum atomic E-state index is 10.6. The first-order chi connectivity index (χ1) is 47.0. The first-order valence-corrected chi connectivity index (χ1v) is 31.8. The van der Waals surface area contributed by atoms with Crippen LogP contribution in [0, 0.1) is 0 Å². The van der Waals surface area contributed by atoms with Gasteiger partial charge in [0.15, 0.2) is 5.78 Å². The number of hydrogen-bond donors (Lipinski definition) is 4. The molecule has 0 aromatic heterocycles. The molecule has 9 rings (SSSR count). The number of rotatable bonds is 9. The van der Waals surface area contributed by atoms with Gasteiger partial charge in [0.2, 0.25) is 0 Å². The van der Waals surface area contributed by atoms with Gasteiger partial charge in [-0.05, 0) is 135 Å². The Hall–Kier alpha value is -10.2. The van der Waals surface area contributed by atoms with Crippen LogP contribution in [0.15, 0.2) is 313 Å². The van der Waals surface area contributed by atoms with Crippen LogP contribution in [0.25, 0.3) is 0 Å². The van der Waals surface area contributed by atoms with E-state index in [1.807, 2.05) is 288 Å². The van der Waals surface area contributed by atoms with E-state index in [1.54, 1.807) is 6.92 Å². The Morgan fingerprint density at radius 3 is 0.327 bits per heavy atom. The van der Waals surface area contributed by atoms with E-state index >= 15 is 0 Å². The second kappa shape index (κ2) is 68.2. The minimum atomic E-state index is 0. The largest absolute Gasteiger partial charge is 0.333 e. The summed E-state index contributed by atoms with van der Waals surface area (Å²) in [5.74, 6) is 0.121. The predicted molar refractivity (Wildman–Crippen MR) is 440 cm³/mol. The summed E-state index contributed by atoms with van der Waals surface area (Å²) in [6, 6.07) is 90.5. The van der Waals surface area contributed by atoms with E-state index in [0.29, 0.717) is 0 Å². The van der Waals surface area contributed by atoms with E-state index < -0.39 is 0 Å². The summed E-state index contributed by atoms with van der Waals surface area (Å²) >= 11 is 0. The minimum absolute atomic E-state index is 0. The summed E-state index contributed by atoms with van der Waals surface area (Å²) in [5.41, 5.74) is 37.0. The van der Waals surface area contributed by atoms with Crippen molar-refractivity contribution >= 4 is 51.5 Å². The van der Waals surface area contributed by atoms with Gasteiger partial charge in [-0.25, -0.2) is 0 Å². The summed E-state index contributed by atoms with van der Waals surface area (Å²) in [4.78, 5) is 43.2. The molecule has 526 valence electrons. The van der Waals surface area contributed by atoms with Gasteiger partial charge in [0.1, 0.15) is 0 Å². The molecule has 0 radical (unpaired) electrons. The fraction of sp³-hybridized carbons (Fsp3) is 0.259. The molecule has 9 aromatic rings. The van der Waals surface area contributed by atoms with E-state index in [0.717, 1.165) is 51.3 Å². The van der Waals surface area contributed by atoms with Crippen molar-refractivity contribution in [3.05, 3.63) is 323 Å². The molecule has 8 N–H and O–H groups in total. The van der Waals surface area contributed by atoms with Crippen molar-refractivity contribution in [1.82, 2.24) is 0 Å². The van der Waals surface area contributed by atoms with Gasteiger partial charge in [0.05, 0.1) is 0 Å². The molecule has 13 nitrogen and oxygen atoms in total. The Morgan fingerprint density at radius 1 is 0.184 bits per heavy atom. The lowest BCUT2D eigenvalue weighted by Crippen LogP contribution is -1.91. The number of ketones is 1. The van der Waals surface area contributed by atoms with Crippen LogP contribution in [0.5, 0.6) is 0 Å². The lowest BCUT2D eigenvalue weighted by Gasteiger charge is -1.95. The number of benzene rings is 9. The Balaban J connectivity index is -0.000000326. The number of aliphatic imine (C=N–C) groups is 8. The van der Waals surface area contributed by atoms with Gasteiger partial charge >= 0.3 is 0 Å². The van der Waals surface area contributed by atoms with E-state index in [-0.39, 0.29) is 13.2 Å². The third kappa shape index (κ3) is 47.7. The van der Waals surface area contributed by atoms with Crippen molar-refractivity contribution < 1.29 is 4.79 Å². The molecule has 98 heavy (non-hydrogen) atoms. The second-order valence-corrected chi connectivity index (χ2v) is 19.3. The highest BCUT2D eigenvalue weighted by molar-refractivity contribution is 6.02. The average molecular weight is 1330 g/mol. The number of nitrogens with zero attached hydrogens (tertiary/aromatic N) is 8. The molecule has 0 saturated carbocycles. The molecule has 0 amide bonds. The summed E-state index contributed by atoms with van der Waals surface area (Å²) in [5, 5.41) is 0. The quantitative estimate of drug-likeness (QED) is 0.0816. The van der Waals surface area contributed by atoms with Crippen molar-refractivity contribution in [3.63, 3.8) is 0 Å². The molecule has 0 bridgehead atoms. The Morgan fingerprint density at radius 2 is 0.265 bits per heavy atom. The summed E-state index contributed by atoms with van der Waals surface area (Å²) in [6.07, 6.45) is 0. The predicted octanol–water partition coefficient (Wildman–Crippen LogP) is 17.8. The minimum Gasteiger partial charge on any atom is -0.333 e. The van der Waals surface area contributed by atoms with Crippen molar-refractivity contribution in [2.45, 2.75) is 69.7 Å². The van der Waals surface area contributed by atoms with Gasteiger partial charge < -0.3 is 22.9 Å². The first kappa shape index (κ1) is 96.5. The number of carbonyl (C=O) groups is 1. The molecule has 0 heterocycles. The van der Waals surface area contributed by atoms with Crippen molar-refractivity contribution in [1.29, 1.82) is 0 Å². The molecule has 0 fully saturated rings. The average Bonchev–Trinajstić information content (AvgIpc) is 3.19. The molecule has 0 aliphatic rings. The fourth-order valence-corrected chi connectivity index (χ4v) is 7.14. The maximum Gasteiger partial charge on any atom is 0.159 e. The van der Waals surface area contributed by atoms with Crippen LogP contribution in [-0.4, -0.2) is 136 Å². The van der Waals surface area contributed by atoms with E-state index in [4.69, 9.17) is 0 Å². The Kier molecular flexibility index (Phi) is 67.2. The van der Waals surface area contributed by atoms with Crippen molar-refractivity contribution in [2.24, 2.45) is 62.9 Å². The topological polar surface area (TPSA) is 220 Å². The van der Waals surface area contributed by atoms with Gasteiger partial charge in [0.25, 0.3) is 0 Å². The Labute approximate surface area is 593 Å². The summed E-state index contributed by atoms with van der Waals surface area (Å²) < 4.78 is 0. The summed E-state index contributed by atoms with van der Waals surface area (Å²) in [6.45, 7) is 17.6. The van der Waals surface area contributed by atoms with Gasteiger partial charge in [-0.3, -0.25) is 44.7 Å². The molecule has 0 spiro atoms. The molecule has 0 atom stereocenters. The molecule has 9 aromatic carbocycles. The molecule has 0 unspecified atom stereocenters. The van der Waals surface area contributed by atoms with Gasteiger partial charge in [0, 0.05) is 108 Å². The fourth-order valence-electron chi connectivity index (χ4n) is 7.14. The highest BCUT2D eigenvalue weighted by Gasteiger charge is 1.97. The first-order valence-electron chi connectivity index (χ1n) is 31.8. The lowest BCUT2D eigenvalue weighted by atomic mass is 10.1. The Bertz CT molecular complexity index is 2880. The smallest absolute Gasteiger partial charge is 0.159 e. The van der Waals surface area contributed by atoms with Gasteiger partial charge in [-0.1, -0.05) is 280 Å². The van der Waals surface area contributed by atoms with Crippen LogP contribution in [0.1, 0.15) is 125 Å². The number of hydrogen-bond acceptors (Lipinski definition) is 13. The number of Topliss-reactive ketones (excluding diaryl/α,β-unsaturated/α-hetero) is 1. The van der Waals surface area contributed by atoms with Crippen LogP contribution in [0.2, 0.25) is 0 Å². The van der Waals surface area contributed by atoms with Gasteiger partial charge in [-0.2, -0.15) is 0 Å². The zero-order chi connectivity index (χ0) is 73.9. The zero-order valence-corrected chi connectivity index (χ0v) is 62.3. The van der Waals surface area contributed by atoms with E-state index in [9.17, 15) is 4.79 Å². The third-order valence-corrected chi connectivity index (χ3v) is 13.4. The second-order valence-electron chi connectivity index (χ2n) is 19.3. The molecular formula is C85H120N12O. The normalized spacial score (nSPS) is 10.5. The van der Waals surface area contributed by atoms with Crippen LogP contribution in [0.4, 0.5) is 0 Å². The van der Waals surface area contributed by atoms with Crippen LogP contribution < -0.4 is 22.9 Å². The SMILES string of the molecule is C.CC(=O)c1ccccc1.CN.CN.CN.CN.CN=C(C)c1ccccc1.CN=C(C)c1ccccc1.CN=C(C)c1ccccc1.CN=C(C)c1ccccc1.CN=C(C)c1ccccc1.CN=C(C)c1ccccc1.CN=C(C)c1ccccc1.CN=C(C)c1ccccc1. The van der Waals surface area contributed by atoms with Gasteiger partial charge in [-0.15, -0.1) is 0 Å². The molecule has 0 aliphatic carbocycles. The monoisotopic (exact) mass is 1320 g/mol. The highest BCUT2D eigenvalue weighted by atomic mass is 16.1. The van der Waals surface area contributed by atoms with Crippen molar-refractivity contribution in [2.75, 3.05) is 84.6 Å². The number of carbonyl (C=O) groups excluding carboxylic acids is 1.